The molecule has 122 valence electrons. The molecule has 0 unspecified atom stereocenters. The van der Waals surface area contributed by atoms with Crippen LogP contribution in [-0.4, -0.2) is 21.6 Å². The third kappa shape index (κ3) is 3.52. The van der Waals surface area contributed by atoms with Crippen LogP contribution in [0.4, 0.5) is 11.5 Å². The first-order valence-electron chi connectivity index (χ1n) is 7.30. The number of hydrogen-bond donors (Lipinski definition) is 2. The van der Waals surface area contributed by atoms with Crippen LogP contribution >= 0.6 is 11.3 Å². The van der Waals surface area contributed by atoms with Crippen LogP contribution in [0.2, 0.25) is 0 Å². The van der Waals surface area contributed by atoms with Crippen LogP contribution in [0.3, 0.4) is 0 Å². The first kappa shape index (κ1) is 15.9. The molecule has 2 amide bonds. The molecule has 0 saturated heterocycles. The molecule has 7 heteroatoms. The zero-order valence-corrected chi connectivity index (χ0v) is 14.1. The van der Waals surface area contributed by atoms with Gasteiger partial charge in [0.15, 0.2) is 0 Å². The molecule has 0 saturated carbocycles. The van der Waals surface area contributed by atoms with E-state index in [0.29, 0.717) is 21.9 Å². The Morgan fingerprint density at radius 1 is 1.08 bits per heavy atom. The van der Waals surface area contributed by atoms with Crippen LogP contribution in [0.1, 0.15) is 25.7 Å². The van der Waals surface area contributed by atoms with Gasteiger partial charge in [0.1, 0.15) is 5.82 Å². The summed E-state index contributed by atoms with van der Waals surface area (Å²) >= 11 is 1.37. The highest BCUT2D eigenvalue weighted by Crippen LogP contribution is 2.16. The van der Waals surface area contributed by atoms with Crippen LogP contribution in [0.25, 0.3) is 0 Å². The minimum Gasteiger partial charge on any atom is -0.321 e. The number of benzene rings is 1. The third-order valence-corrected chi connectivity index (χ3v) is 4.24. The molecular weight excluding hydrogens is 324 g/mol. The average molecular weight is 340 g/mol. The van der Waals surface area contributed by atoms with Crippen molar-refractivity contribution in [1.29, 1.82) is 0 Å². The number of amides is 2. The van der Waals surface area contributed by atoms with E-state index < -0.39 is 0 Å². The topological polar surface area (TPSA) is 76.0 Å². The summed E-state index contributed by atoms with van der Waals surface area (Å²) in [6.45, 7) is 1.86. The summed E-state index contributed by atoms with van der Waals surface area (Å²) in [5.74, 6) is 0.167. The Hall–Kier alpha value is -2.93. The molecule has 6 nitrogen and oxygen atoms in total. The maximum absolute atomic E-state index is 12.4. The Balaban J connectivity index is 1.74. The Labute approximate surface area is 143 Å². The normalized spacial score (nSPS) is 10.4. The lowest BCUT2D eigenvalue weighted by atomic mass is 10.2. The fourth-order valence-electron chi connectivity index (χ4n) is 2.25. The van der Waals surface area contributed by atoms with Gasteiger partial charge in [0, 0.05) is 24.4 Å². The Kier molecular flexibility index (Phi) is 4.43. The fourth-order valence-corrected chi connectivity index (χ4v) is 2.87. The zero-order chi connectivity index (χ0) is 17.1. The SMILES string of the molecule is Cc1cc(NC(=O)c2cccc(NC(=O)c3cccs3)c2)n(C)n1. The van der Waals surface area contributed by atoms with Crippen molar-refractivity contribution in [3.05, 3.63) is 64.0 Å². The predicted octanol–water partition coefficient (Wildman–Crippen LogP) is 3.29. The van der Waals surface area contributed by atoms with E-state index in [9.17, 15) is 9.59 Å². The largest absolute Gasteiger partial charge is 0.321 e. The summed E-state index contributed by atoms with van der Waals surface area (Å²) in [4.78, 5) is 25.1. The Bertz CT molecular complexity index is 884. The van der Waals surface area contributed by atoms with Crippen molar-refractivity contribution >= 4 is 34.7 Å². The summed E-state index contributed by atoms with van der Waals surface area (Å²) in [6.07, 6.45) is 0. The number of carbonyl (C=O) groups excluding carboxylic acids is 2. The smallest absolute Gasteiger partial charge is 0.265 e. The van der Waals surface area contributed by atoms with Gasteiger partial charge in [-0.05, 0) is 36.6 Å². The molecule has 3 rings (SSSR count). The highest BCUT2D eigenvalue weighted by molar-refractivity contribution is 7.12. The van der Waals surface area contributed by atoms with Gasteiger partial charge in [-0.25, -0.2) is 0 Å². The molecule has 2 N–H and O–H groups in total. The number of hydrogen-bond acceptors (Lipinski definition) is 4. The number of thiophene rings is 1. The van der Waals surface area contributed by atoms with Crippen molar-refractivity contribution in [3.8, 4) is 0 Å². The van der Waals surface area contributed by atoms with Gasteiger partial charge >= 0.3 is 0 Å². The molecule has 0 spiro atoms. The van der Waals surface area contributed by atoms with E-state index in [1.165, 1.54) is 11.3 Å². The number of nitrogens with zero attached hydrogens (tertiary/aromatic N) is 2. The molecule has 0 bridgehead atoms. The van der Waals surface area contributed by atoms with Crippen molar-refractivity contribution < 1.29 is 9.59 Å². The molecule has 2 aromatic heterocycles. The second kappa shape index (κ2) is 6.67. The molecule has 0 fully saturated rings. The number of aryl methyl sites for hydroxylation is 2. The molecule has 2 heterocycles. The quantitative estimate of drug-likeness (QED) is 0.765. The van der Waals surface area contributed by atoms with Gasteiger partial charge in [-0.15, -0.1) is 11.3 Å². The summed E-state index contributed by atoms with van der Waals surface area (Å²) in [6, 6.07) is 12.2. The number of carbonyl (C=O) groups is 2. The van der Waals surface area contributed by atoms with E-state index >= 15 is 0 Å². The lowest BCUT2D eigenvalue weighted by molar-refractivity contribution is 0.101. The first-order valence-corrected chi connectivity index (χ1v) is 8.18. The van der Waals surface area contributed by atoms with Crippen LogP contribution in [0.5, 0.6) is 0 Å². The van der Waals surface area contributed by atoms with Crippen LogP contribution in [-0.2, 0) is 7.05 Å². The fraction of sp³-hybridized carbons (Fsp3) is 0.118. The predicted molar refractivity (Wildman–Crippen MR) is 94.6 cm³/mol. The molecule has 3 aromatic rings. The summed E-state index contributed by atoms with van der Waals surface area (Å²) < 4.78 is 1.61. The standard InChI is InChI=1S/C17H16N4O2S/c1-11-9-15(21(2)20-11)19-16(22)12-5-3-6-13(10-12)18-17(23)14-7-4-8-24-14/h3-10H,1-2H3,(H,18,23)(H,19,22). The van der Waals surface area contributed by atoms with Gasteiger partial charge in [0.2, 0.25) is 0 Å². The molecule has 0 atom stereocenters. The van der Waals surface area contributed by atoms with E-state index in [2.05, 4.69) is 15.7 Å². The van der Waals surface area contributed by atoms with E-state index in [-0.39, 0.29) is 11.8 Å². The highest BCUT2D eigenvalue weighted by atomic mass is 32.1. The minimum atomic E-state index is -0.259. The Morgan fingerprint density at radius 3 is 2.58 bits per heavy atom. The summed E-state index contributed by atoms with van der Waals surface area (Å²) in [7, 11) is 1.76. The second-order valence-electron chi connectivity index (χ2n) is 5.26. The van der Waals surface area contributed by atoms with E-state index in [0.717, 1.165) is 5.69 Å². The molecule has 0 radical (unpaired) electrons. The molecule has 0 aliphatic rings. The number of nitrogens with one attached hydrogen (secondary N) is 2. The van der Waals surface area contributed by atoms with Crippen molar-refractivity contribution in [3.63, 3.8) is 0 Å². The molecular formula is C17H16N4O2S. The summed E-state index contributed by atoms with van der Waals surface area (Å²) in [5, 5.41) is 11.6. The molecule has 0 aliphatic carbocycles. The highest BCUT2D eigenvalue weighted by Gasteiger charge is 2.12. The number of anilines is 2. The third-order valence-electron chi connectivity index (χ3n) is 3.37. The second-order valence-corrected chi connectivity index (χ2v) is 6.21. The first-order chi connectivity index (χ1) is 11.5. The van der Waals surface area contributed by atoms with Crippen LogP contribution < -0.4 is 10.6 Å². The van der Waals surface area contributed by atoms with Crippen LogP contribution in [0, 0.1) is 6.92 Å². The Morgan fingerprint density at radius 2 is 1.92 bits per heavy atom. The zero-order valence-electron chi connectivity index (χ0n) is 13.2. The number of aromatic nitrogens is 2. The molecule has 0 aliphatic heterocycles. The van der Waals surface area contributed by atoms with Gasteiger partial charge in [-0.2, -0.15) is 5.10 Å². The van der Waals surface area contributed by atoms with Crippen molar-refractivity contribution in [1.82, 2.24) is 9.78 Å². The lowest BCUT2D eigenvalue weighted by Gasteiger charge is -2.08. The van der Waals surface area contributed by atoms with Crippen molar-refractivity contribution in [2.75, 3.05) is 10.6 Å². The van der Waals surface area contributed by atoms with Gasteiger partial charge < -0.3 is 10.6 Å². The summed E-state index contributed by atoms with van der Waals surface area (Å²) in [5.41, 5.74) is 1.85. The van der Waals surface area contributed by atoms with Crippen LogP contribution in [0.15, 0.2) is 47.8 Å². The van der Waals surface area contributed by atoms with E-state index in [4.69, 9.17) is 0 Å². The van der Waals surface area contributed by atoms with E-state index in [1.54, 1.807) is 48.1 Å². The van der Waals surface area contributed by atoms with Crippen molar-refractivity contribution in [2.24, 2.45) is 7.05 Å². The molecule has 1 aromatic carbocycles. The number of rotatable bonds is 4. The van der Waals surface area contributed by atoms with Gasteiger partial charge in [-0.3, -0.25) is 14.3 Å². The van der Waals surface area contributed by atoms with Crippen molar-refractivity contribution in [2.45, 2.75) is 6.92 Å². The monoisotopic (exact) mass is 340 g/mol. The van der Waals surface area contributed by atoms with Gasteiger partial charge in [0.05, 0.1) is 10.6 Å². The van der Waals surface area contributed by atoms with Gasteiger partial charge in [0.25, 0.3) is 11.8 Å². The van der Waals surface area contributed by atoms with E-state index in [1.807, 2.05) is 18.4 Å². The average Bonchev–Trinajstić information content (AvgIpc) is 3.18. The maximum atomic E-state index is 12.4. The minimum absolute atomic E-state index is 0.190. The lowest BCUT2D eigenvalue weighted by Crippen LogP contribution is -2.15. The van der Waals surface area contributed by atoms with Gasteiger partial charge in [-0.1, -0.05) is 12.1 Å². The maximum Gasteiger partial charge on any atom is 0.265 e. The molecule has 24 heavy (non-hydrogen) atoms.